The Bertz CT molecular complexity index is 260. The van der Waals surface area contributed by atoms with Gasteiger partial charge in [0.15, 0.2) is 0 Å². The topological polar surface area (TPSA) is 69.6 Å². The van der Waals surface area contributed by atoms with Gasteiger partial charge in [0.1, 0.15) is 6.54 Å². The fourth-order valence-electron chi connectivity index (χ4n) is 2.07. The van der Waals surface area contributed by atoms with Crippen molar-refractivity contribution in [2.45, 2.75) is 38.6 Å². The van der Waals surface area contributed by atoms with Gasteiger partial charge in [-0.15, -0.1) is 0 Å². The molecule has 5 heteroatoms. The highest BCUT2D eigenvalue weighted by Gasteiger charge is 2.24. The highest BCUT2D eigenvalue weighted by Crippen LogP contribution is 2.26. The van der Waals surface area contributed by atoms with Crippen molar-refractivity contribution in [1.82, 2.24) is 10.2 Å². The van der Waals surface area contributed by atoms with E-state index in [9.17, 15) is 9.59 Å². The van der Waals surface area contributed by atoms with E-state index in [1.807, 2.05) is 0 Å². The largest absolute Gasteiger partial charge is 0.480 e. The molecule has 1 aliphatic rings. The van der Waals surface area contributed by atoms with Crippen molar-refractivity contribution in [3.63, 3.8) is 0 Å². The Morgan fingerprint density at radius 1 is 1.31 bits per heavy atom. The highest BCUT2D eigenvalue weighted by atomic mass is 16.4. The fraction of sp³-hybridized carbons (Fsp3) is 0.818. The first-order chi connectivity index (χ1) is 7.50. The predicted molar refractivity (Wildman–Crippen MR) is 60.2 cm³/mol. The molecule has 16 heavy (non-hydrogen) atoms. The summed E-state index contributed by atoms with van der Waals surface area (Å²) < 4.78 is 0. The van der Waals surface area contributed by atoms with Crippen molar-refractivity contribution >= 4 is 12.0 Å². The summed E-state index contributed by atoms with van der Waals surface area (Å²) in [5, 5.41) is 10.8. The quantitative estimate of drug-likeness (QED) is 0.764. The lowest BCUT2D eigenvalue weighted by Crippen LogP contribution is -2.46. The number of hydrogen-bond donors (Lipinski definition) is 2. The van der Waals surface area contributed by atoms with E-state index in [1.165, 1.54) is 0 Å². The molecule has 0 unspecified atom stereocenters. The normalized spacial score (nSPS) is 24.9. The van der Waals surface area contributed by atoms with Gasteiger partial charge in [0, 0.05) is 13.1 Å². The number of carbonyl (C=O) groups excluding carboxylic acids is 1. The first kappa shape index (κ1) is 12.8. The van der Waals surface area contributed by atoms with E-state index in [2.05, 4.69) is 12.2 Å². The third-order valence-electron chi connectivity index (χ3n) is 3.24. The second-order valence-electron chi connectivity index (χ2n) is 4.58. The van der Waals surface area contributed by atoms with Crippen LogP contribution in [0.25, 0.3) is 0 Å². The molecular formula is C11H20N2O3. The molecule has 0 aromatic carbocycles. The van der Waals surface area contributed by atoms with E-state index >= 15 is 0 Å². The van der Waals surface area contributed by atoms with Gasteiger partial charge in [-0.25, -0.2) is 4.79 Å². The highest BCUT2D eigenvalue weighted by molar-refractivity contribution is 5.79. The molecule has 92 valence electrons. The molecule has 1 fully saturated rings. The molecular weight excluding hydrogens is 208 g/mol. The number of hydrogen-bond acceptors (Lipinski definition) is 2. The summed E-state index contributed by atoms with van der Waals surface area (Å²) in [5.41, 5.74) is 0. The van der Waals surface area contributed by atoms with E-state index < -0.39 is 5.97 Å². The molecule has 2 amide bonds. The molecule has 0 radical (unpaired) electrons. The molecule has 1 rings (SSSR count). The molecule has 0 spiro atoms. The zero-order chi connectivity index (χ0) is 12.1. The molecule has 0 aromatic rings. The van der Waals surface area contributed by atoms with Crippen LogP contribution < -0.4 is 5.32 Å². The van der Waals surface area contributed by atoms with Crippen LogP contribution in [0.1, 0.15) is 32.6 Å². The molecule has 0 saturated heterocycles. The molecule has 0 bridgehead atoms. The Labute approximate surface area is 95.8 Å². The SMILES string of the molecule is CC1CCC(N(C)C(=O)NCC(=O)O)CC1. The number of nitrogens with zero attached hydrogens (tertiary/aromatic N) is 1. The van der Waals surface area contributed by atoms with Crippen molar-refractivity contribution in [1.29, 1.82) is 0 Å². The van der Waals surface area contributed by atoms with Crippen LogP contribution >= 0.6 is 0 Å². The number of carbonyl (C=O) groups is 2. The lowest BCUT2D eigenvalue weighted by Gasteiger charge is -2.33. The van der Waals surface area contributed by atoms with Gasteiger partial charge in [0.05, 0.1) is 0 Å². The monoisotopic (exact) mass is 228 g/mol. The van der Waals surface area contributed by atoms with Crippen LogP contribution in [0.3, 0.4) is 0 Å². The number of carboxylic acid groups (broad SMARTS) is 1. The third kappa shape index (κ3) is 3.72. The first-order valence-corrected chi connectivity index (χ1v) is 5.73. The summed E-state index contributed by atoms with van der Waals surface area (Å²) >= 11 is 0. The van der Waals surface area contributed by atoms with Gasteiger partial charge < -0.3 is 15.3 Å². The molecule has 1 aliphatic carbocycles. The van der Waals surface area contributed by atoms with Gasteiger partial charge in [-0.3, -0.25) is 4.79 Å². The molecule has 1 saturated carbocycles. The number of urea groups is 1. The van der Waals surface area contributed by atoms with Crippen LogP contribution in [0, 0.1) is 5.92 Å². The maximum atomic E-state index is 11.6. The summed E-state index contributed by atoms with van der Waals surface area (Å²) in [6, 6.07) is -0.0352. The Morgan fingerprint density at radius 2 is 1.88 bits per heavy atom. The van der Waals surface area contributed by atoms with Gasteiger partial charge in [0.25, 0.3) is 0 Å². The second kappa shape index (κ2) is 5.72. The summed E-state index contributed by atoms with van der Waals surface area (Å²) in [6.45, 7) is 1.91. The maximum absolute atomic E-state index is 11.6. The van der Waals surface area contributed by atoms with Crippen LogP contribution in [0.2, 0.25) is 0 Å². The van der Waals surface area contributed by atoms with Crippen molar-refractivity contribution in [2.24, 2.45) is 5.92 Å². The van der Waals surface area contributed by atoms with Crippen LogP contribution in [-0.2, 0) is 4.79 Å². The minimum atomic E-state index is -1.01. The maximum Gasteiger partial charge on any atom is 0.323 e. The van der Waals surface area contributed by atoms with Crippen molar-refractivity contribution in [2.75, 3.05) is 13.6 Å². The van der Waals surface area contributed by atoms with Crippen LogP contribution in [0.15, 0.2) is 0 Å². The van der Waals surface area contributed by atoms with Crippen molar-refractivity contribution in [3.8, 4) is 0 Å². The molecule has 2 N–H and O–H groups in total. The van der Waals surface area contributed by atoms with E-state index in [-0.39, 0.29) is 18.6 Å². The molecule has 5 nitrogen and oxygen atoms in total. The Balaban J connectivity index is 2.35. The van der Waals surface area contributed by atoms with E-state index in [0.29, 0.717) is 0 Å². The lowest BCUT2D eigenvalue weighted by atomic mass is 9.87. The van der Waals surface area contributed by atoms with Crippen LogP contribution in [0.5, 0.6) is 0 Å². The Kier molecular flexibility index (Phi) is 4.58. The van der Waals surface area contributed by atoms with Gasteiger partial charge in [-0.1, -0.05) is 6.92 Å². The Hall–Kier alpha value is -1.26. The van der Waals surface area contributed by atoms with Gasteiger partial charge in [-0.05, 0) is 31.6 Å². The van der Waals surface area contributed by atoms with Gasteiger partial charge in [-0.2, -0.15) is 0 Å². The number of aliphatic carboxylic acids is 1. The standard InChI is InChI=1S/C11H20N2O3/c1-8-3-5-9(6-4-8)13(2)11(16)12-7-10(14)15/h8-9H,3-7H2,1-2H3,(H,12,16)(H,14,15). The average Bonchev–Trinajstić information content (AvgIpc) is 2.26. The van der Waals surface area contributed by atoms with E-state index in [4.69, 9.17) is 5.11 Å². The number of nitrogens with one attached hydrogen (secondary N) is 1. The number of carboxylic acids is 1. The second-order valence-corrected chi connectivity index (χ2v) is 4.58. The van der Waals surface area contributed by atoms with Crippen LogP contribution in [0.4, 0.5) is 4.79 Å². The molecule has 0 heterocycles. The third-order valence-corrected chi connectivity index (χ3v) is 3.24. The minimum Gasteiger partial charge on any atom is -0.480 e. The fourth-order valence-corrected chi connectivity index (χ4v) is 2.07. The average molecular weight is 228 g/mol. The summed E-state index contributed by atoms with van der Waals surface area (Å²) in [4.78, 5) is 23.5. The van der Waals surface area contributed by atoms with Gasteiger partial charge >= 0.3 is 12.0 Å². The molecule has 0 aromatic heterocycles. The zero-order valence-corrected chi connectivity index (χ0v) is 9.90. The van der Waals surface area contributed by atoms with Gasteiger partial charge in [0.2, 0.25) is 0 Å². The summed E-state index contributed by atoms with van der Waals surface area (Å²) in [5.74, 6) is -0.272. The number of amides is 2. The van der Waals surface area contributed by atoms with Crippen LogP contribution in [-0.4, -0.2) is 41.6 Å². The summed E-state index contributed by atoms with van der Waals surface area (Å²) in [7, 11) is 1.73. The zero-order valence-electron chi connectivity index (χ0n) is 9.90. The number of rotatable bonds is 3. The molecule has 0 atom stereocenters. The van der Waals surface area contributed by atoms with Crippen molar-refractivity contribution in [3.05, 3.63) is 0 Å². The molecule has 0 aliphatic heterocycles. The minimum absolute atomic E-state index is 0.255. The van der Waals surface area contributed by atoms with Crippen molar-refractivity contribution < 1.29 is 14.7 Å². The smallest absolute Gasteiger partial charge is 0.323 e. The first-order valence-electron chi connectivity index (χ1n) is 5.73. The predicted octanol–water partition coefficient (Wildman–Crippen LogP) is 1.29. The lowest BCUT2D eigenvalue weighted by molar-refractivity contribution is -0.135. The van der Waals surface area contributed by atoms with E-state index in [1.54, 1.807) is 11.9 Å². The van der Waals surface area contributed by atoms with E-state index in [0.717, 1.165) is 31.6 Å². The summed E-state index contributed by atoms with van der Waals surface area (Å²) in [6.07, 6.45) is 4.30. The Morgan fingerprint density at radius 3 is 2.38 bits per heavy atom.